The van der Waals surface area contributed by atoms with Gasteiger partial charge in [0.2, 0.25) is 0 Å². The van der Waals surface area contributed by atoms with Crippen LogP contribution >= 0.6 is 11.8 Å². The number of rotatable bonds is 5. The summed E-state index contributed by atoms with van der Waals surface area (Å²) in [6.07, 6.45) is 0. The second kappa shape index (κ2) is 7.71. The van der Waals surface area contributed by atoms with Crippen LogP contribution in [0.1, 0.15) is 32.9 Å². The van der Waals surface area contributed by atoms with Crippen LogP contribution in [0.4, 0.5) is 0 Å². The molecule has 0 bridgehead atoms. The molecule has 0 aliphatic heterocycles. The number of fused-ring (bicyclic) bond motifs is 2. The average molecular weight is 429 g/mol. The van der Waals surface area contributed by atoms with Gasteiger partial charge < -0.3 is 9.26 Å². The first kappa shape index (κ1) is 19.6. The summed E-state index contributed by atoms with van der Waals surface area (Å²) in [7, 11) is 0. The molecule has 0 spiro atoms. The first-order valence-corrected chi connectivity index (χ1v) is 10.9. The van der Waals surface area contributed by atoms with E-state index in [9.17, 15) is 9.59 Å². The zero-order valence-corrected chi connectivity index (χ0v) is 17.9. The van der Waals surface area contributed by atoms with Crippen molar-refractivity contribution in [1.82, 2.24) is 5.16 Å². The number of thioether (sulfide) groups is 1. The quantitative estimate of drug-likeness (QED) is 0.272. The molecule has 4 aromatic rings. The van der Waals surface area contributed by atoms with Gasteiger partial charge in [-0.15, -0.1) is 11.8 Å². The number of aryl methyl sites for hydroxylation is 2. The molecule has 1 aliphatic carbocycles. The maximum absolute atomic E-state index is 13.0. The fourth-order valence-electron chi connectivity index (χ4n) is 4.02. The van der Waals surface area contributed by atoms with Gasteiger partial charge in [-0.1, -0.05) is 53.7 Å². The molecule has 1 heterocycles. The molecule has 0 atom stereocenters. The fourth-order valence-corrected chi connectivity index (χ4v) is 4.87. The lowest BCUT2D eigenvalue weighted by Crippen LogP contribution is -2.10. The van der Waals surface area contributed by atoms with Crippen LogP contribution in [0.5, 0.6) is 0 Å². The predicted molar refractivity (Wildman–Crippen MR) is 119 cm³/mol. The molecule has 31 heavy (non-hydrogen) atoms. The second-order valence-electron chi connectivity index (χ2n) is 7.47. The lowest BCUT2D eigenvalue weighted by atomic mass is 9.83. The smallest absolute Gasteiger partial charge is 0.316 e. The maximum atomic E-state index is 13.0. The van der Waals surface area contributed by atoms with Gasteiger partial charge in [-0.2, -0.15) is 0 Å². The van der Waals surface area contributed by atoms with Gasteiger partial charge in [0, 0.05) is 21.4 Å². The monoisotopic (exact) mass is 429 g/mol. The van der Waals surface area contributed by atoms with E-state index >= 15 is 0 Å². The van der Waals surface area contributed by atoms with Crippen LogP contribution in [0.2, 0.25) is 0 Å². The van der Waals surface area contributed by atoms with E-state index < -0.39 is 0 Å². The van der Waals surface area contributed by atoms with Crippen LogP contribution in [-0.2, 0) is 16.1 Å². The van der Waals surface area contributed by atoms with E-state index in [1.165, 1.54) is 11.8 Å². The number of benzene rings is 3. The van der Waals surface area contributed by atoms with Crippen molar-refractivity contribution in [1.29, 1.82) is 0 Å². The topological polar surface area (TPSA) is 69.4 Å². The number of hydrogen-bond acceptors (Lipinski definition) is 6. The Labute approximate surface area is 183 Å². The van der Waals surface area contributed by atoms with E-state index in [1.807, 2.05) is 61.5 Å². The number of nitrogens with zero attached hydrogens (tertiary/aromatic N) is 1. The lowest BCUT2D eigenvalue weighted by molar-refractivity contribution is -0.141. The molecule has 6 heteroatoms. The molecule has 0 unspecified atom stereocenters. The molecule has 154 valence electrons. The highest BCUT2D eigenvalue weighted by Crippen LogP contribution is 2.42. The maximum Gasteiger partial charge on any atom is 0.316 e. The standard InChI is InChI=1S/C25H19NO4S/c1-14-21(15(2)30-26-14)12-29-23(27)13-31-22-11-10-17-16-6-3-4-7-18(16)25(28)20-9-5-8-19(22)24(17)20/h3-11H,12-13H2,1-2H3. The van der Waals surface area contributed by atoms with Crippen molar-refractivity contribution in [2.45, 2.75) is 25.3 Å². The minimum absolute atomic E-state index is 0.0368. The Morgan fingerprint density at radius 2 is 1.74 bits per heavy atom. The number of carbonyl (C=O) groups is 2. The third-order valence-corrected chi connectivity index (χ3v) is 6.66. The van der Waals surface area contributed by atoms with Gasteiger partial charge in [-0.3, -0.25) is 9.59 Å². The number of ether oxygens (including phenoxy) is 1. The Kier molecular flexibility index (Phi) is 4.87. The zero-order chi connectivity index (χ0) is 21.5. The van der Waals surface area contributed by atoms with Gasteiger partial charge in [0.1, 0.15) is 12.4 Å². The molecule has 0 saturated heterocycles. The third-order valence-electron chi connectivity index (χ3n) is 5.61. The van der Waals surface area contributed by atoms with E-state index in [2.05, 4.69) is 5.16 Å². The molecule has 0 amide bonds. The summed E-state index contributed by atoms with van der Waals surface area (Å²) in [5.74, 6) is 0.556. The summed E-state index contributed by atoms with van der Waals surface area (Å²) < 4.78 is 10.5. The number of esters is 1. The normalized spacial score (nSPS) is 12.1. The molecule has 1 aliphatic rings. The number of carbonyl (C=O) groups excluding carboxylic acids is 2. The fraction of sp³-hybridized carbons (Fsp3) is 0.160. The van der Waals surface area contributed by atoms with Crippen LogP contribution in [0, 0.1) is 13.8 Å². The van der Waals surface area contributed by atoms with Crippen LogP contribution in [0.25, 0.3) is 21.9 Å². The summed E-state index contributed by atoms with van der Waals surface area (Å²) in [4.78, 5) is 26.3. The Bertz CT molecular complexity index is 1340. The van der Waals surface area contributed by atoms with Crippen molar-refractivity contribution in [3.8, 4) is 11.1 Å². The summed E-state index contributed by atoms with van der Waals surface area (Å²) in [6.45, 7) is 3.77. The van der Waals surface area contributed by atoms with Crippen LogP contribution in [0.15, 0.2) is 64.0 Å². The number of ketones is 1. The van der Waals surface area contributed by atoms with Crippen LogP contribution in [0.3, 0.4) is 0 Å². The van der Waals surface area contributed by atoms with Crippen LogP contribution in [-0.4, -0.2) is 22.7 Å². The number of aromatic nitrogens is 1. The summed E-state index contributed by atoms with van der Waals surface area (Å²) in [5, 5.41) is 5.79. The molecular formula is C25H19NO4S. The molecule has 0 fully saturated rings. The second-order valence-corrected chi connectivity index (χ2v) is 8.48. The van der Waals surface area contributed by atoms with Crippen molar-refractivity contribution in [2.75, 3.05) is 5.75 Å². The van der Waals surface area contributed by atoms with E-state index in [0.717, 1.165) is 43.6 Å². The molecular weight excluding hydrogens is 410 g/mol. The largest absolute Gasteiger partial charge is 0.460 e. The third kappa shape index (κ3) is 3.33. The Morgan fingerprint density at radius 3 is 2.52 bits per heavy atom. The van der Waals surface area contributed by atoms with Gasteiger partial charge in [0.25, 0.3) is 0 Å². The Morgan fingerprint density at radius 1 is 0.968 bits per heavy atom. The lowest BCUT2D eigenvalue weighted by Gasteiger charge is -2.21. The Balaban J connectivity index is 1.40. The van der Waals surface area contributed by atoms with Crippen molar-refractivity contribution >= 4 is 34.3 Å². The SMILES string of the molecule is Cc1noc(C)c1COC(=O)CSc1ccc2c3c(cccc13)C(=O)c1ccccc1-2. The summed E-state index contributed by atoms with van der Waals surface area (Å²) in [6, 6.07) is 17.5. The first-order valence-electron chi connectivity index (χ1n) is 9.94. The van der Waals surface area contributed by atoms with Gasteiger partial charge in [0.05, 0.1) is 17.0 Å². The highest BCUT2D eigenvalue weighted by molar-refractivity contribution is 8.00. The molecule has 5 rings (SSSR count). The predicted octanol–water partition coefficient (Wildman–Crippen LogP) is 5.49. The average Bonchev–Trinajstić information content (AvgIpc) is 3.11. The molecule has 5 nitrogen and oxygen atoms in total. The van der Waals surface area contributed by atoms with E-state index in [4.69, 9.17) is 9.26 Å². The van der Waals surface area contributed by atoms with Gasteiger partial charge >= 0.3 is 5.97 Å². The van der Waals surface area contributed by atoms with Crippen molar-refractivity contribution in [2.24, 2.45) is 0 Å². The minimum atomic E-state index is -0.313. The van der Waals surface area contributed by atoms with Crippen molar-refractivity contribution in [3.05, 3.63) is 82.7 Å². The van der Waals surface area contributed by atoms with Gasteiger partial charge in [-0.05, 0) is 36.4 Å². The van der Waals surface area contributed by atoms with E-state index in [1.54, 1.807) is 6.92 Å². The van der Waals surface area contributed by atoms with E-state index in [-0.39, 0.29) is 24.1 Å². The van der Waals surface area contributed by atoms with Crippen molar-refractivity contribution < 1.29 is 18.8 Å². The summed E-state index contributed by atoms with van der Waals surface area (Å²) in [5.41, 5.74) is 4.96. The highest BCUT2D eigenvalue weighted by atomic mass is 32.2. The van der Waals surface area contributed by atoms with Crippen molar-refractivity contribution in [3.63, 3.8) is 0 Å². The molecule has 0 N–H and O–H groups in total. The molecule has 0 saturated carbocycles. The molecule has 1 aromatic heterocycles. The number of hydrogen-bond donors (Lipinski definition) is 0. The molecule has 3 aromatic carbocycles. The van der Waals surface area contributed by atoms with Gasteiger partial charge in [-0.25, -0.2) is 0 Å². The van der Waals surface area contributed by atoms with Gasteiger partial charge in [0.15, 0.2) is 5.78 Å². The summed E-state index contributed by atoms with van der Waals surface area (Å²) >= 11 is 1.41. The zero-order valence-electron chi connectivity index (χ0n) is 17.1. The molecule has 0 radical (unpaired) electrons. The highest BCUT2D eigenvalue weighted by Gasteiger charge is 2.25. The first-order chi connectivity index (χ1) is 15.0. The van der Waals surface area contributed by atoms with Crippen LogP contribution < -0.4 is 0 Å². The van der Waals surface area contributed by atoms with E-state index in [0.29, 0.717) is 11.3 Å². The minimum Gasteiger partial charge on any atom is -0.460 e. The Hall–Kier alpha value is -3.38.